The minimum Gasteiger partial charge on any atom is -0.465 e. The van der Waals surface area contributed by atoms with Gasteiger partial charge in [0.05, 0.1) is 13.0 Å². The Kier molecular flexibility index (Phi) is 5.49. The molecule has 0 heterocycles. The second-order valence-electron chi connectivity index (χ2n) is 2.57. The molecule has 14 heavy (non-hydrogen) atoms. The van der Waals surface area contributed by atoms with E-state index in [1.54, 1.807) is 6.92 Å². The number of nitrogens with one attached hydrogen (secondary N) is 1. The predicted octanol–water partition coefficient (Wildman–Crippen LogP) is 0.267. The van der Waals surface area contributed by atoms with Crippen LogP contribution in [0.4, 0.5) is 0 Å². The van der Waals surface area contributed by atoms with Crippen LogP contribution in [0.1, 0.15) is 13.8 Å². The minimum atomic E-state index is -1.57. The van der Waals surface area contributed by atoms with Crippen molar-refractivity contribution in [3.63, 3.8) is 0 Å². The van der Waals surface area contributed by atoms with Gasteiger partial charge in [0, 0.05) is 13.5 Å². The van der Waals surface area contributed by atoms with Crippen LogP contribution in [0.25, 0.3) is 0 Å². The molecule has 5 nitrogen and oxygen atoms in total. The highest BCUT2D eigenvalue weighted by atomic mass is 35.5. The normalized spacial score (nSPS) is 14.3. The molecule has 1 atom stereocenters. The molecule has 0 aromatic heterocycles. The number of ether oxygens (including phenoxy) is 2. The van der Waals surface area contributed by atoms with Crippen molar-refractivity contribution in [2.24, 2.45) is 0 Å². The molecule has 1 amide bonds. The maximum absolute atomic E-state index is 11.3. The minimum absolute atomic E-state index is 0.201. The fourth-order valence-electron chi connectivity index (χ4n) is 0.968. The summed E-state index contributed by atoms with van der Waals surface area (Å²) in [4.78, 5) is 22.2. The second-order valence-corrected chi connectivity index (χ2v) is 2.83. The number of amides is 1. The lowest BCUT2D eigenvalue weighted by Gasteiger charge is -2.28. The molecule has 82 valence electrons. The highest BCUT2D eigenvalue weighted by molar-refractivity contribution is 6.20. The van der Waals surface area contributed by atoms with Crippen LogP contribution in [-0.2, 0) is 19.1 Å². The molecule has 1 unspecified atom stereocenters. The highest BCUT2D eigenvalue weighted by Crippen LogP contribution is 2.12. The van der Waals surface area contributed by atoms with E-state index < -0.39 is 17.6 Å². The molecule has 0 aromatic rings. The number of carbonyl (C=O) groups is 2. The van der Waals surface area contributed by atoms with E-state index in [2.05, 4.69) is 10.1 Å². The molecule has 0 aliphatic heterocycles. The quantitative estimate of drug-likeness (QED) is 0.413. The molecule has 0 rings (SSSR count). The lowest BCUT2D eigenvalue weighted by molar-refractivity contribution is -0.173. The maximum atomic E-state index is 11.3. The zero-order chi connectivity index (χ0) is 11.2. The van der Waals surface area contributed by atoms with Gasteiger partial charge in [-0.25, -0.2) is 4.79 Å². The molecular formula is C8H14ClNO4. The van der Waals surface area contributed by atoms with E-state index in [0.29, 0.717) is 0 Å². The van der Waals surface area contributed by atoms with Gasteiger partial charge in [-0.2, -0.15) is 0 Å². The highest BCUT2D eigenvalue weighted by Gasteiger charge is 2.40. The number of rotatable bonds is 5. The zero-order valence-electron chi connectivity index (χ0n) is 8.43. The van der Waals surface area contributed by atoms with Gasteiger partial charge in [-0.05, 0) is 6.92 Å². The summed E-state index contributed by atoms with van der Waals surface area (Å²) >= 11 is 5.58. The Morgan fingerprint density at radius 3 is 2.36 bits per heavy atom. The smallest absolute Gasteiger partial charge is 0.360 e. The topological polar surface area (TPSA) is 64.6 Å². The monoisotopic (exact) mass is 223 g/mol. The van der Waals surface area contributed by atoms with Crippen molar-refractivity contribution in [3.8, 4) is 0 Å². The molecule has 0 saturated carbocycles. The van der Waals surface area contributed by atoms with Gasteiger partial charge in [-0.3, -0.25) is 4.79 Å². The molecule has 0 saturated heterocycles. The first kappa shape index (κ1) is 13.2. The fraction of sp³-hybridized carbons (Fsp3) is 0.750. The molecule has 0 radical (unpaired) electrons. The lowest BCUT2D eigenvalue weighted by atomic mass is 10.2. The molecular weight excluding hydrogens is 210 g/mol. The first-order chi connectivity index (χ1) is 6.52. The summed E-state index contributed by atoms with van der Waals surface area (Å²) in [5.74, 6) is -1.33. The van der Waals surface area contributed by atoms with Crippen molar-refractivity contribution in [3.05, 3.63) is 0 Å². The third kappa shape index (κ3) is 3.16. The Morgan fingerprint density at radius 1 is 1.50 bits per heavy atom. The number of carbonyl (C=O) groups excluding carboxylic acids is 2. The van der Waals surface area contributed by atoms with E-state index in [4.69, 9.17) is 16.3 Å². The molecule has 0 spiro atoms. The summed E-state index contributed by atoms with van der Waals surface area (Å²) in [7, 11) is 1.20. The Labute approximate surface area is 87.7 Å². The molecule has 0 bridgehead atoms. The third-order valence-corrected chi connectivity index (χ3v) is 1.85. The van der Waals surface area contributed by atoms with Crippen molar-refractivity contribution in [1.82, 2.24) is 5.32 Å². The summed E-state index contributed by atoms with van der Waals surface area (Å²) in [6, 6.07) is 0. The maximum Gasteiger partial charge on any atom is 0.360 e. The van der Waals surface area contributed by atoms with Crippen LogP contribution in [0.3, 0.4) is 0 Å². The average Bonchev–Trinajstić information content (AvgIpc) is 2.15. The van der Waals surface area contributed by atoms with Gasteiger partial charge >= 0.3 is 5.97 Å². The summed E-state index contributed by atoms with van der Waals surface area (Å²) in [6.45, 7) is 3.19. The Balaban J connectivity index is 4.76. The van der Waals surface area contributed by atoms with Crippen molar-refractivity contribution < 1.29 is 19.1 Å². The third-order valence-electron chi connectivity index (χ3n) is 1.47. The first-order valence-electron chi connectivity index (χ1n) is 4.09. The first-order valence-corrected chi connectivity index (χ1v) is 4.63. The van der Waals surface area contributed by atoms with Gasteiger partial charge in [0.1, 0.15) is 0 Å². The Bertz CT molecular complexity index is 221. The van der Waals surface area contributed by atoms with Crippen LogP contribution in [0, 0.1) is 0 Å². The second kappa shape index (κ2) is 5.82. The Hall–Kier alpha value is -0.810. The predicted molar refractivity (Wildman–Crippen MR) is 50.9 cm³/mol. The van der Waals surface area contributed by atoms with Crippen LogP contribution in [-0.4, -0.2) is 37.2 Å². The summed E-state index contributed by atoms with van der Waals surface area (Å²) < 4.78 is 9.60. The summed E-state index contributed by atoms with van der Waals surface area (Å²) in [5, 5.41) is 2.33. The van der Waals surface area contributed by atoms with Crippen LogP contribution in [0.15, 0.2) is 0 Å². The molecule has 6 heteroatoms. The van der Waals surface area contributed by atoms with E-state index in [-0.39, 0.29) is 12.5 Å². The lowest BCUT2D eigenvalue weighted by Crippen LogP contribution is -2.58. The standard InChI is InChI=1S/C8H14ClNO4/c1-4-14-8(5-9,7(12)13-3)10-6(2)11/h4-5H2,1-3H3,(H,10,11). The van der Waals surface area contributed by atoms with Gasteiger partial charge in [0.2, 0.25) is 5.91 Å². The number of alkyl halides is 1. The fourth-order valence-corrected chi connectivity index (χ4v) is 1.22. The number of hydrogen-bond donors (Lipinski definition) is 1. The number of methoxy groups -OCH3 is 1. The number of hydrogen-bond acceptors (Lipinski definition) is 4. The van der Waals surface area contributed by atoms with Crippen LogP contribution >= 0.6 is 11.6 Å². The zero-order valence-corrected chi connectivity index (χ0v) is 9.18. The van der Waals surface area contributed by atoms with Crippen LogP contribution in [0.5, 0.6) is 0 Å². The number of esters is 1. The van der Waals surface area contributed by atoms with Crippen molar-refractivity contribution in [2.45, 2.75) is 19.6 Å². The van der Waals surface area contributed by atoms with E-state index >= 15 is 0 Å². The molecule has 0 fully saturated rings. The van der Waals surface area contributed by atoms with Crippen molar-refractivity contribution >= 4 is 23.5 Å². The van der Waals surface area contributed by atoms with E-state index in [9.17, 15) is 9.59 Å². The van der Waals surface area contributed by atoms with Gasteiger partial charge in [0.15, 0.2) is 0 Å². The SMILES string of the molecule is CCOC(CCl)(NC(C)=O)C(=O)OC. The van der Waals surface area contributed by atoms with Crippen molar-refractivity contribution in [2.75, 3.05) is 19.6 Å². The summed E-state index contributed by atoms with van der Waals surface area (Å²) in [5.41, 5.74) is -1.57. The molecule has 0 aliphatic rings. The van der Waals surface area contributed by atoms with E-state index in [0.717, 1.165) is 0 Å². The van der Waals surface area contributed by atoms with Gasteiger partial charge in [0.25, 0.3) is 5.72 Å². The van der Waals surface area contributed by atoms with Crippen LogP contribution in [0.2, 0.25) is 0 Å². The molecule has 0 aromatic carbocycles. The largest absolute Gasteiger partial charge is 0.465 e. The summed E-state index contributed by atoms with van der Waals surface area (Å²) in [6.07, 6.45) is 0. The van der Waals surface area contributed by atoms with E-state index in [1.165, 1.54) is 14.0 Å². The average molecular weight is 224 g/mol. The Morgan fingerprint density at radius 2 is 2.07 bits per heavy atom. The number of halogens is 1. The van der Waals surface area contributed by atoms with Gasteiger partial charge in [-0.15, -0.1) is 11.6 Å². The van der Waals surface area contributed by atoms with Crippen LogP contribution < -0.4 is 5.32 Å². The molecule has 1 N–H and O–H groups in total. The van der Waals surface area contributed by atoms with Gasteiger partial charge in [-0.1, -0.05) is 0 Å². The van der Waals surface area contributed by atoms with Gasteiger partial charge < -0.3 is 14.8 Å². The van der Waals surface area contributed by atoms with E-state index in [1.807, 2.05) is 0 Å². The molecule has 0 aliphatic carbocycles. The van der Waals surface area contributed by atoms with Crippen molar-refractivity contribution in [1.29, 1.82) is 0 Å².